The molecule has 8 nitrogen and oxygen atoms in total. The van der Waals surface area contributed by atoms with Gasteiger partial charge in [-0.25, -0.2) is 0 Å². The van der Waals surface area contributed by atoms with Crippen molar-refractivity contribution in [1.82, 2.24) is 4.31 Å². The van der Waals surface area contributed by atoms with E-state index >= 15 is 0 Å². The van der Waals surface area contributed by atoms with E-state index in [-0.39, 0.29) is 6.42 Å². The monoisotopic (exact) mass is 483 g/mol. The predicted octanol–water partition coefficient (Wildman–Crippen LogP) is 4.63. The maximum absolute atomic E-state index is 11.7. The van der Waals surface area contributed by atoms with E-state index in [1.165, 1.54) is 38.5 Å². The molecule has 1 N–H and O–H groups in total. The Balaban J connectivity index is 3.66. The van der Waals surface area contributed by atoms with Gasteiger partial charge in [0.1, 0.15) is 5.75 Å². The van der Waals surface area contributed by atoms with Crippen LogP contribution in [0.15, 0.2) is 12.2 Å². The Bertz CT molecular complexity index is 703. The summed E-state index contributed by atoms with van der Waals surface area (Å²) in [6, 6.07) is 0. The van der Waals surface area contributed by atoms with Gasteiger partial charge < -0.3 is 4.18 Å². The lowest BCUT2D eigenvalue weighted by Gasteiger charge is -2.12. The molecule has 0 rings (SSSR count). The number of unbranched alkanes of at least 4 members (excludes halogenated alkanes) is 11. The van der Waals surface area contributed by atoms with Gasteiger partial charge in [-0.2, -0.15) is 21.1 Å². The summed E-state index contributed by atoms with van der Waals surface area (Å²) in [7, 11) is -7.62. The van der Waals surface area contributed by atoms with Crippen molar-refractivity contribution < 1.29 is 30.4 Å². The smallest absolute Gasteiger partial charge is 0.335 e. The van der Waals surface area contributed by atoms with Gasteiger partial charge in [-0.05, 0) is 32.1 Å². The molecule has 0 spiro atoms. The van der Waals surface area contributed by atoms with Crippen molar-refractivity contribution in [3.05, 3.63) is 12.2 Å². The van der Waals surface area contributed by atoms with Crippen LogP contribution in [0.3, 0.4) is 0 Å². The Morgan fingerprint density at radius 3 is 1.84 bits per heavy atom. The lowest BCUT2D eigenvalue weighted by molar-refractivity contribution is -0.133. The van der Waals surface area contributed by atoms with Crippen LogP contribution in [-0.2, 0) is 29.4 Å². The maximum Gasteiger partial charge on any atom is 0.335 e. The Labute approximate surface area is 189 Å². The van der Waals surface area contributed by atoms with E-state index in [1.807, 2.05) is 0 Å². The molecule has 31 heavy (non-hydrogen) atoms. The van der Waals surface area contributed by atoms with Gasteiger partial charge in [-0.15, -0.1) is 0 Å². The van der Waals surface area contributed by atoms with E-state index in [0.29, 0.717) is 10.7 Å². The molecular weight excluding hydrogens is 442 g/mol. The minimum Gasteiger partial charge on any atom is -0.346 e. The molecule has 0 heterocycles. The molecule has 10 heteroatoms. The van der Waals surface area contributed by atoms with Crippen LogP contribution in [0.5, 0.6) is 0 Å². The van der Waals surface area contributed by atoms with Crippen LogP contribution in [0, 0.1) is 0 Å². The molecule has 0 amide bonds. The third-order valence-electron chi connectivity index (χ3n) is 4.91. The zero-order valence-corrected chi connectivity index (χ0v) is 20.8. The van der Waals surface area contributed by atoms with Gasteiger partial charge in [-0.1, -0.05) is 70.4 Å². The van der Waals surface area contributed by atoms with Crippen LogP contribution in [-0.4, -0.2) is 51.0 Å². The lowest BCUT2D eigenvalue weighted by atomic mass is 10.1. The van der Waals surface area contributed by atoms with Crippen LogP contribution in [0.2, 0.25) is 0 Å². The molecule has 0 radical (unpaired) electrons. The molecule has 184 valence electrons. The highest BCUT2D eigenvalue weighted by Crippen LogP contribution is 2.11. The highest BCUT2D eigenvalue weighted by molar-refractivity contribution is 7.87. The molecule has 0 atom stereocenters. The second-order valence-electron chi connectivity index (χ2n) is 7.85. The third-order valence-corrected chi connectivity index (χ3v) is 7.01. The molecule has 0 aliphatic heterocycles. The molecule has 0 aromatic heterocycles. The minimum atomic E-state index is -4.47. The summed E-state index contributed by atoms with van der Waals surface area (Å²) in [6.07, 6.45) is 19.2. The first kappa shape index (κ1) is 30.0. The van der Waals surface area contributed by atoms with E-state index in [0.717, 1.165) is 45.6 Å². The number of carbonyl (C=O) groups is 1. The van der Waals surface area contributed by atoms with Crippen LogP contribution in [0.1, 0.15) is 96.8 Å². The largest absolute Gasteiger partial charge is 0.346 e. The fraction of sp³-hybridized carbons (Fsp3) is 0.857. The average molecular weight is 484 g/mol. The lowest BCUT2D eigenvalue weighted by Crippen LogP contribution is -2.32. The summed E-state index contributed by atoms with van der Waals surface area (Å²) in [5.41, 5.74) is 0. The van der Waals surface area contributed by atoms with Crippen molar-refractivity contribution >= 4 is 26.4 Å². The van der Waals surface area contributed by atoms with Gasteiger partial charge in [0.15, 0.2) is 0 Å². The van der Waals surface area contributed by atoms with Crippen molar-refractivity contribution in [2.75, 3.05) is 19.3 Å². The first-order valence-corrected chi connectivity index (χ1v) is 14.3. The second kappa shape index (κ2) is 17.6. The number of rotatable bonds is 20. The van der Waals surface area contributed by atoms with E-state index in [9.17, 15) is 21.6 Å². The van der Waals surface area contributed by atoms with Crippen molar-refractivity contribution in [2.45, 2.75) is 96.8 Å². The third kappa shape index (κ3) is 19.4. The van der Waals surface area contributed by atoms with E-state index in [4.69, 9.17) is 4.55 Å². The fourth-order valence-electron chi connectivity index (χ4n) is 2.92. The summed E-state index contributed by atoms with van der Waals surface area (Å²) in [6.45, 7) is 1.73. The number of hydrogen-bond donors (Lipinski definition) is 1. The normalized spacial score (nSPS) is 12.6. The quantitative estimate of drug-likeness (QED) is 0.116. The minimum absolute atomic E-state index is 0.00548. The average Bonchev–Trinajstić information content (AvgIpc) is 2.68. The Morgan fingerprint density at radius 1 is 0.839 bits per heavy atom. The van der Waals surface area contributed by atoms with Crippen molar-refractivity contribution in [3.63, 3.8) is 0 Å². The standard InChI is InChI=1S/C21H41NO7S2/c1-3-4-5-6-7-8-9-10-11-12-13-14-15-16-17-18-21(23)29-30(24,25)20-19-22(2)31(26,27)28/h10-11H,3-9,12-20H2,1-2H3,(H,26,27,28). The predicted molar refractivity (Wildman–Crippen MR) is 124 cm³/mol. The zero-order chi connectivity index (χ0) is 23.6. The number of carbonyl (C=O) groups excluding carboxylic acids is 1. The molecule has 0 aliphatic carbocycles. The first-order chi connectivity index (χ1) is 14.6. The summed E-state index contributed by atoms with van der Waals surface area (Å²) >= 11 is 0. The molecule has 0 aromatic carbocycles. The van der Waals surface area contributed by atoms with Crippen molar-refractivity contribution in [1.29, 1.82) is 0 Å². The van der Waals surface area contributed by atoms with E-state index in [1.54, 1.807) is 0 Å². The summed E-state index contributed by atoms with van der Waals surface area (Å²) in [5, 5.41) is 0. The van der Waals surface area contributed by atoms with Gasteiger partial charge >= 0.3 is 26.4 Å². The Kier molecular flexibility index (Phi) is 17.0. The van der Waals surface area contributed by atoms with Gasteiger partial charge in [-0.3, -0.25) is 9.35 Å². The van der Waals surface area contributed by atoms with Crippen LogP contribution >= 0.6 is 0 Å². The van der Waals surface area contributed by atoms with E-state index < -0.39 is 38.7 Å². The Morgan fingerprint density at radius 2 is 1.32 bits per heavy atom. The molecular formula is C21H41NO7S2. The SMILES string of the molecule is CCCCCCCCC=CCCCCCCCC(=O)OS(=O)(=O)CCN(C)S(=O)(=O)O. The summed E-state index contributed by atoms with van der Waals surface area (Å²) < 4.78 is 58.6. The van der Waals surface area contributed by atoms with Gasteiger partial charge in [0.25, 0.3) is 0 Å². The maximum atomic E-state index is 11.7. The second-order valence-corrected chi connectivity index (χ2v) is 11.1. The highest BCUT2D eigenvalue weighted by Gasteiger charge is 2.21. The van der Waals surface area contributed by atoms with Gasteiger partial charge in [0, 0.05) is 20.0 Å². The zero-order valence-electron chi connectivity index (χ0n) is 19.1. The van der Waals surface area contributed by atoms with Crippen molar-refractivity contribution in [2.24, 2.45) is 0 Å². The number of allylic oxidation sites excluding steroid dienone is 2. The number of hydrogen-bond acceptors (Lipinski definition) is 6. The summed E-state index contributed by atoms with van der Waals surface area (Å²) in [5.74, 6) is -1.55. The summed E-state index contributed by atoms with van der Waals surface area (Å²) in [4.78, 5) is 11.6. The molecule has 0 fully saturated rings. The van der Waals surface area contributed by atoms with Gasteiger partial charge in [0.2, 0.25) is 0 Å². The van der Waals surface area contributed by atoms with Crippen LogP contribution < -0.4 is 0 Å². The molecule has 0 aliphatic rings. The van der Waals surface area contributed by atoms with Crippen molar-refractivity contribution in [3.8, 4) is 0 Å². The van der Waals surface area contributed by atoms with E-state index in [2.05, 4.69) is 23.3 Å². The van der Waals surface area contributed by atoms with Crippen LogP contribution in [0.4, 0.5) is 0 Å². The number of nitrogens with zero attached hydrogens (tertiary/aromatic N) is 1. The van der Waals surface area contributed by atoms with Gasteiger partial charge in [0.05, 0.1) is 0 Å². The molecule has 0 unspecified atom stereocenters. The topological polar surface area (TPSA) is 118 Å². The molecule has 0 saturated heterocycles. The van der Waals surface area contributed by atoms with Crippen LogP contribution in [0.25, 0.3) is 0 Å². The molecule has 0 saturated carbocycles. The Hall–Kier alpha value is -0.970. The fourth-order valence-corrected chi connectivity index (χ4v) is 4.31. The molecule has 0 aromatic rings. The highest BCUT2D eigenvalue weighted by atomic mass is 32.2. The first-order valence-electron chi connectivity index (χ1n) is 11.4. The molecule has 0 bridgehead atoms.